The molecule has 6 heteroatoms. The van der Waals surface area contributed by atoms with Crippen molar-refractivity contribution in [1.82, 2.24) is 9.55 Å². The SMILES string of the molecule is Cc1ccnc(NC(=O)Nc2cc3sccc3n2C)c1. The minimum absolute atomic E-state index is 0.295. The number of anilines is 2. The fourth-order valence-corrected chi connectivity index (χ4v) is 2.89. The van der Waals surface area contributed by atoms with E-state index in [1.165, 1.54) is 0 Å². The number of carbonyl (C=O) groups excluding carboxylic acids is 1. The molecule has 0 spiro atoms. The molecule has 3 rings (SSSR count). The van der Waals surface area contributed by atoms with Crippen molar-refractivity contribution in [2.75, 3.05) is 10.6 Å². The highest BCUT2D eigenvalue weighted by molar-refractivity contribution is 7.17. The Kier molecular flexibility index (Phi) is 3.15. The van der Waals surface area contributed by atoms with Crippen molar-refractivity contribution in [3.63, 3.8) is 0 Å². The van der Waals surface area contributed by atoms with Crippen LogP contribution in [0.15, 0.2) is 35.8 Å². The molecule has 0 bridgehead atoms. The highest BCUT2D eigenvalue weighted by Crippen LogP contribution is 2.27. The standard InChI is InChI=1S/C14H14N4OS/c1-9-3-5-15-12(7-9)16-14(19)17-13-8-11-10(18(13)2)4-6-20-11/h3-8H,1-2H3,(H2,15,16,17,19). The summed E-state index contributed by atoms with van der Waals surface area (Å²) < 4.78 is 3.10. The van der Waals surface area contributed by atoms with Crippen molar-refractivity contribution in [3.05, 3.63) is 41.4 Å². The Balaban J connectivity index is 1.75. The van der Waals surface area contributed by atoms with Crippen LogP contribution >= 0.6 is 11.3 Å². The smallest absolute Gasteiger partial charge is 0.325 e. The summed E-state index contributed by atoms with van der Waals surface area (Å²) in [5.41, 5.74) is 2.16. The molecule has 0 aliphatic heterocycles. The quantitative estimate of drug-likeness (QED) is 0.756. The molecule has 0 saturated heterocycles. The van der Waals surface area contributed by atoms with Crippen molar-refractivity contribution in [2.24, 2.45) is 7.05 Å². The second-order valence-corrected chi connectivity index (χ2v) is 5.50. The maximum absolute atomic E-state index is 12.0. The summed E-state index contributed by atoms with van der Waals surface area (Å²) in [7, 11) is 1.93. The van der Waals surface area contributed by atoms with Gasteiger partial charge in [-0.15, -0.1) is 11.3 Å². The zero-order chi connectivity index (χ0) is 14.1. The van der Waals surface area contributed by atoms with E-state index in [1.807, 2.05) is 48.2 Å². The highest BCUT2D eigenvalue weighted by Gasteiger charge is 2.10. The van der Waals surface area contributed by atoms with Crippen LogP contribution in [-0.4, -0.2) is 15.6 Å². The van der Waals surface area contributed by atoms with Gasteiger partial charge in [0.15, 0.2) is 0 Å². The van der Waals surface area contributed by atoms with E-state index in [-0.39, 0.29) is 6.03 Å². The van der Waals surface area contributed by atoms with E-state index < -0.39 is 0 Å². The van der Waals surface area contributed by atoms with Gasteiger partial charge in [0.2, 0.25) is 0 Å². The Morgan fingerprint density at radius 3 is 2.90 bits per heavy atom. The maximum Gasteiger partial charge on any atom is 0.325 e. The molecule has 0 unspecified atom stereocenters. The number of hydrogen-bond donors (Lipinski definition) is 2. The predicted molar refractivity (Wildman–Crippen MR) is 82.4 cm³/mol. The molecule has 0 aromatic carbocycles. The number of nitrogens with one attached hydrogen (secondary N) is 2. The van der Waals surface area contributed by atoms with Crippen LogP contribution in [0, 0.1) is 6.92 Å². The molecule has 0 saturated carbocycles. The molecule has 3 aromatic heterocycles. The lowest BCUT2D eigenvalue weighted by Gasteiger charge is -2.08. The molecule has 0 fully saturated rings. The molecule has 0 atom stereocenters. The first-order valence-electron chi connectivity index (χ1n) is 6.17. The van der Waals surface area contributed by atoms with Gasteiger partial charge < -0.3 is 4.57 Å². The van der Waals surface area contributed by atoms with E-state index in [4.69, 9.17) is 0 Å². The Morgan fingerprint density at radius 2 is 2.15 bits per heavy atom. The zero-order valence-corrected chi connectivity index (χ0v) is 12.0. The largest absolute Gasteiger partial charge is 0.330 e. The second kappa shape index (κ2) is 4.97. The number of rotatable bonds is 2. The Bertz CT molecular complexity index is 774. The fraction of sp³-hybridized carbons (Fsp3) is 0.143. The number of hydrogen-bond acceptors (Lipinski definition) is 3. The monoisotopic (exact) mass is 286 g/mol. The number of urea groups is 1. The van der Waals surface area contributed by atoms with Crippen LogP contribution in [0.4, 0.5) is 16.4 Å². The van der Waals surface area contributed by atoms with E-state index >= 15 is 0 Å². The van der Waals surface area contributed by atoms with Gasteiger partial charge in [-0.2, -0.15) is 0 Å². The molecule has 3 heterocycles. The van der Waals surface area contributed by atoms with E-state index in [2.05, 4.69) is 15.6 Å². The van der Waals surface area contributed by atoms with Gasteiger partial charge in [0.25, 0.3) is 0 Å². The van der Waals surface area contributed by atoms with Gasteiger partial charge in [-0.3, -0.25) is 10.6 Å². The van der Waals surface area contributed by atoms with Gasteiger partial charge in [0.05, 0.1) is 10.2 Å². The molecular weight excluding hydrogens is 272 g/mol. The van der Waals surface area contributed by atoms with Gasteiger partial charge >= 0.3 is 6.03 Å². The van der Waals surface area contributed by atoms with Crippen LogP contribution in [0.3, 0.4) is 0 Å². The summed E-state index contributed by atoms with van der Waals surface area (Å²) in [5.74, 6) is 1.30. The van der Waals surface area contributed by atoms with Gasteiger partial charge in [-0.1, -0.05) is 0 Å². The summed E-state index contributed by atoms with van der Waals surface area (Å²) in [6, 6.07) is 7.41. The Hall–Kier alpha value is -2.34. The third kappa shape index (κ3) is 2.37. The Morgan fingerprint density at radius 1 is 1.30 bits per heavy atom. The average Bonchev–Trinajstić information content (AvgIpc) is 2.94. The number of carbonyl (C=O) groups is 1. The Labute approximate surface area is 120 Å². The molecule has 2 N–H and O–H groups in total. The van der Waals surface area contributed by atoms with Crippen LogP contribution in [0.5, 0.6) is 0 Å². The molecule has 102 valence electrons. The van der Waals surface area contributed by atoms with Gasteiger partial charge in [0, 0.05) is 13.2 Å². The van der Waals surface area contributed by atoms with Crippen molar-refractivity contribution in [3.8, 4) is 0 Å². The lowest BCUT2D eigenvalue weighted by molar-refractivity contribution is 0.262. The van der Waals surface area contributed by atoms with E-state index in [0.717, 1.165) is 21.6 Å². The number of aromatic nitrogens is 2. The summed E-state index contributed by atoms with van der Waals surface area (Å²) in [6.07, 6.45) is 1.67. The summed E-state index contributed by atoms with van der Waals surface area (Å²) in [5, 5.41) is 7.59. The molecule has 0 aliphatic carbocycles. The van der Waals surface area contributed by atoms with Crippen molar-refractivity contribution in [1.29, 1.82) is 0 Å². The van der Waals surface area contributed by atoms with Gasteiger partial charge in [-0.25, -0.2) is 9.78 Å². The van der Waals surface area contributed by atoms with Crippen LogP contribution in [0.2, 0.25) is 0 Å². The molecule has 0 aliphatic rings. The summed E-state index contributed by atoms with van der Waals surface area (Å²) in [6.45, 7) is 1.95. The highest BCUT2D eigenvalue weighted by atomic mass is 32.1. The van der Waals surface area contributed by atoms with Crippen LogP contribution < -0.4 is 10.6 Å². The molecule has 3 aromatic rings. The maximum atomic E-state index is 12.0. The zero-order valence-electron chi connectivity index (χ0n) is 11.2. The van der Waals surface area contributed by atoms with Crippen LogP contribution in [-0.2, 0) is 7.05 Å². The third-order valence-electron chi connectivity index (χ3n) is 3.06. The third-order valence-corrected chi connectivity index (χ3v) is 3.92. The first-order valence-corrected chi connectivity index (χ1v) is 7.05. The summed E-state index contributed by atoms with van der Waals surface area (Å²) in [4.78, 5) is 16.1. The van der Waals surface area contributed by atoms with E-state index in [1.54, 1.807) is 17.5 Å². The molecule has 20 heavy (non-hydrogen) atoms. The topological polar surface area (TPSA) is 59.0 Å². The number of aryl methyl sites for hydroxylation is 2. The normalized spacial score (nSPS) is 10.7. The van der Waals surface area contributed by atoms with Crippen molar-refractivity contribution < 1.29 is 4.79 Å². The van der Waals surface area contributed by atoms with Gasteiger partial charge in [-0.05, 0) is 42.1 Å². The van der Waals surface area contributed by atoms with Gasteiger partial charge in [0.1, 0.15) is 11.6 Å². The molecule has 0 radical (unpaired) electrons. The van der Waals surface area contributed by atoms with Crippen molar-refractivity contribution >= 4 is 39.2 Å². The second-order valence-electron chi connectivity index (χ2n) is 4.56. The number of amides is 2. The summed E-state index contributed by atoms with van der Waals surface area (Å²) >= 11 is 1.65. The first-order chi connectivity index (χ1) is 9.63. The number of fused-ring (bicyclic) bond motifs is 1. The molecule has 2 amide bonds. The predicted octanol–water partition coefficient (Wildman–Crippen LogP) is 3.59. The fourth-order valence-electron chi connectivity index (χ4n) is 2.04. The lowest BCUT2D eigenvalue weighted by atomic mass is 10.3. The minimum Gasteiger partial charge on any atom is -0.330 e. The van der Waals surface area contributed by atoms with E-state index in [9.17, 15) is 4.79 Å². The van der Waals surface area contributed by atoms with Crippen LogP contribution in [0.1, 0.15) is 5.56 Å². The minimum atomic E-state index is -0.295. The lowest BCUT2D eigenvalue weighted by Crippen LogP contribution is -2.21. The van der Waals surface area contributed by atoms with Crippen LogP contribution in [0.25, 0.3) is 10.2 Å². The average molecular weight is 286 g/mol. The number of thiophene rings is 1. The molecule has 5 nitrogen and oxygen atoms in total. The van der Waals surface area contributed by atoms with Crippen molar-refractivity contribution in [2.45, 2.75) is 6.92 Å². The first kappa shape index (κ1) is 12.7. The van der Waals surface area contributed by atoms with E-state index in [0.29, 0.717) is 5.82 Å². The molecular formula is C14H14N4OS. The number of pyridine rings is 1. The number of nitrogens with zero attached hydrogens (tertiary/aromatic N) is 2.